The van der Waals surface area contributed by atoms with Gasteiger partial charge in [0.2, 0.25) is 11.8 Å². The van der Waals surface area contributed by atoms with Crippen LogP contribution in [0.25, 0.3) is 0 Å². The van der Waals surface area contributed by atoms with Crippen LogP contribution in [0.4, 0.5) is 0 Å². The number of nitrogens with two attached hydrogens (primary N) is 1. The minimum absolute atomic E-state index is 0.0114. The summed E-state index contributed by atoms with van der Waals surface area (Å²) >= 11 is 0. The number of carbonyl (C=O) groups excluding carboxylic acids is 2. The summed E-state index contributed by atoms with van der Waals surface area (Å²) in [6, 6.07) is -3.36. The van der Waals surface area contributed by atoms with Crippen LogP contribution in [0.15, 0.2) is 0 Å². The van der Waals surface area contributed by atoms with Crippen molar-refractivity contribution in [2.45, 2.75) is 269 Å². The second-order valence-electron chi connectivity index (χ2n) is 22.7. The molecule has 7 fully saturated rings. The van der Waals surface area contributed by atoms with Gasteiger partial charge < -0.3 is 169 Å². The van der Waals surface area contributed by atoms with Crippen molar-refractivity contribution in [1.82, 2.24) is 10.6 Å². The summed E-state index contributed by atoms with van der Waals surface area (Å²) < 4.78 is 84.9. The number of amides is 2. The van der Waals surface area contributed by atoms with E-state index in [4.69, 9.17) is 72.0 Å². The standard InChI is InChI=1S/C51H89N3O33/c1-15-26(61)31(66)35(70)47(75-15)84-41-24(53-18(4)59)45(74-10-8-6-7-9-52)80-22(13-57)39(41)82-50-38(73)43(30(65)21(12-56)78-50)86-46-25(54-19(5)60)42(85-48-36(71)32(67)27(62)16(2)76-48)40(23(14-58)81-46)83-51-44(34(69)29(64)20(11-55)79-51)87-49-37(72)33(68)28(63)17(3)77-49/h15-17,20-51,55-58,61-73H,6-14,52H2,1-5H3,(H,53,59)(H,54,60)/t15-,16-,17-,20+,21+,22+,23+,24+,25+,26+,27+,28+,29-,30-,31+,32+,33+,34-,35-,36-,37-,38+,39+,40+,41+,42+,43-,44+,45+,46-,47-,48-,49-,50-,51-/m0/s1. The van der Waals surface area contributed by atoms with Gasteiger partial charge in [0.05, 0.1) is 44.7 Å². The Hall–Kier alpha value is -2.34. The van der Waals surface area contributed by atoms with E-state index in [1.54, 1.807) is 0 Å². The van der Waals surface area contributed by atoms with Gasteiger partial charge in [-0.05, 0) is 46.6 Å². The SMILES string of the molecule is CC(=O)N[C@H]1[C@H](OCCCCCN)O[C@H](CO)[C@@H](O[C@@H]2O[C@H](CO)[C@H](O)[C@H](O[C@@H]3O[C@H](CO)[C@@H](O[C@@H]4O[C@H](CO)[C@H](O)[C@H](O)[C@H]4O[C@@H]4O[C@@H](C)[C@@H](O)[C@@H](O)[C@@H]4O)[C@H](O[C@@H]4O[C@@H](C)[C@@H](O)[C@@H](O)[C@@H]4O)[C@H]3NC(C)=O)[C@H]2O)[C@@H]1O[C@@H]1O[C@@H](C)[C@@H](O)[C@@H](O)[C@@H]1O. The Kier molecular flexibility index (Phi) is 26.5. The second-order valence-corrected chi connectivity index (χ2v) is 22.7. The minimum Gasteiger partial charge on any atom is -0.394 e. The molecule has 0 spiro atoms. The van der Waals surface area contributed by atoms with Crippen LogP contribution < -0.4 is 16.4 Å². The number of nitrogens with one attached hydrogen (secondary N) is 2. The Morgan fingerprint density at radius 3 is 1.15 bits per heavy atom. The number of unbranched alkanes of at least 4 members (excludes halogenated alkanes) is 2. The average Bonchev–Trinajstić information content (AvgIpc) is 1.01. The number of rotatable bonds is 24. The first-order valence-electron chi connectivity index (χ1n) is 28.9. The number of carbonyl (C=O) groups is 2. The quantitative estimate of drug-likeness (QED) is 0.0399. The molecular formula is C51H89N3O33. The molecule has 7 saturated heterocycles. The van der Waals surface area contributed by atoms with Crippen LogP contribution >= 0.6 is 0 Å². The van der Waals surface area contributed by atoms with Crippen LogP contribution in [0.2, 0.25) is 0 Å². The topological polar surface area (TPSA) is 557 Å². The summed E-state index contributed by atoms with van der Waals surface area (Å²) in [5.41, 5.74) is 5.66. The summed E-state index contributed by atoms with van der Waals surface area (Å²) in [6.45, 7) is 2.37. The van der Waals surface area contributed by atoms with E-state index in [9.17, 15) is 96.4 Å². The fourth-order valence-electron chi connectivity index (χ4n) is 11.4. The summed E-state index contributed by atoms with van der Waals surface area (Å²) in [5, 5.41) is 192. The molecule has 7 aliphatic heterocycles. The Bertz CT molecular complexity index is 2120. The number of hydrogen-bond donors (Lipinski definition) is 20. The van der Waals surface area contributed by atoms with E-state index in [1.807, 2.05) is 0 Å². The maximum Gasteiger partial charge on any atom is 0.217 e. The molecule has 506 valence electrons. The molecule has 0 aliphatic carbocycles. The van der Waals surface area contributed by atoms with Crippen molar-refractivity contribution in [2.75, 3.05) is 39.6 Å². The smallest absolute Gasteiger partial charge is 0.217 e. The lowest BCUT2D eigenvalue weighted by Crippen LogP contribution is -2.72. The third-order valence-corrected chi connectivity index (χ3v) is 16.3. The van der Waals surface area contributed by atoms with Crippen LogP contribution in [0, 0.1) is 0 Å². The van der Waals surface area contributed by atoms with Crippen LogP contribution in [0.3, 0.4) is 0 Å². The van der Waals surface area contributed by atoms with Crippen molar-refractivity contribution in [3.63, 3.8) is 0 Å². The van der Waals surface area contributed by atoms with Gasteiger partial charge in [0.1, 0.15) is 152 Å². The first kappa shape index (κ1) is 72.1. The Balaban J connectivity index is 1.25. The lowest BCUT2D eigenvalue weighted by atomic mass is 9.93. The third kappa shape index (κ3) is 16.4. The maximum atomic E-state index is 13.4. The Morgan fingerprint density at radius 1 is 0.356 bits per heavy atom. The predicted molar refractivity (Wildman–Crippen MR) is 277 cm³/mol. The zero-order valence-electron chi connectivity index (χ0n) is 48.3. The lowest BCUT2D eigenvalue weighted by molar-refractivity contribution is -0.402. The molecule has 2 amide bonds. The highest BCUT2D eigenvalue weighted by molar-refractivity contribution is 5.73. The molecule has 0 aromatic carbocycles. The second kappa shape index (κ2) is 32.0. The van der Waals surface area contributed by atoms with Gasteiger partial charge in [-0.25, -0.2) is 0 Å². The molecule has 0 unspecified atom stereocenters. The van der Waals surface area contributed by atoms with E-state index >= 15 is 0 Å². The van der Waals surface area contributed by atoms with E-state index in [1.165, 1.54) is 20.8 Å². The van der Waals surface area contributed by atoms with Crippen molar-refractivity contribution in [1.29, 1.82) is 0 Å². The van der Waals surface area contributed by atoms with Gasteiger partial charge >= 0.3 is 0 Å². The van der Waals surface area contributed by atoms with Crippen LogP contribution in [0.1, 0.15) is 53.9 Å². The van der Waals surface area contributed by atoms with Gasteiger partial charge in [0, 0.05) is 20.5 Å². The number of hydrogen-bond acceptors (Lipinski definition) is 34. The first-order chi connectivity index (χ1) is 41.2. The fraction of sp³-hybridized carbons (Fsp3) is 0.961. The molecule has 0 aromatic rings. The van der Waals surface area contributed by atoms with Crippen molar-refractivity contribution < 1.29 is 163 Å². The molecule has 36 nitrogen and oxygen atoms in total. The largest absolute Gasteiger partial charge is 0.394 e. The van der Waals surface area contributed by atoms with Crippen molar-refractivity contribution >= 4 is 11.8 Å². The zero-order valence-corrected chi connectivity index (χ0v) is 48.3. The maximum absolute atomic E-state index is 13.4. The highest BCUT2D eigenvalue weighted by Crippen LogP contribution is 2.39. The first-order valence-corrected chi connectivity index (χ1v) is 28.9. The molecule has 87 heavy (non-hydrogen) atoms. The summed E-state index contributed by atoms with van der Waals surface area (Å²) in [4.78, 5) is 26.3. The number of ether oxygens (including phenoxy) is 14. The van der Waals surface area contributed by atoms with Crippen LogP contribution in [0.5, 0.6) is 0 Å². The molecule has 7 heterocycles. The molecule has 0 bridgehead atoms. The monoisotopic (exact) mass is 1270 g/mol. The lowest BCUT2D eigenvalue weighted by Gasteiger charge is -2.52. The predicted octanol–water partition coefficient (Wildman–Crippen LogP) is -11.8. The average molecular weight is 1270 g/mol. The van der Waals surface area contributed by atoms with Gasteiger partial charge in [-0.3, -0.25) is 9.59 Å². The van der Waals surface area contributed by atoms with E-state index in [0.717, 1.165) is 13.8 Å². The minimum atomic E-state index is -2.29. The molecule has 0 saturated carbocycles. The van der Waals surface area contributed by atoms with Gasteiger partial charge in [0.15, 0.2) is 44.0 Å². The normalized spacial score (nSPS) is 49.0. The van der Waals surface area contributed by atoms with Crippen LogP contribution in [-0.2, 0) is 75.9 Å². The van der Waals surface area contributed by atoms with Crippen molar-refractivity contribution in [3.05, 3.63) is 0 Å². The molecule has 21 N–H and O–H groups in total. The Labute approximate surface area is 498 Å². The summed E-state index contributed by atoms with van der Waals surface area (Å²) in [5.74, 6) is -1.61. The summed E-state index contributed by atoms with van der Waals surface area (Å²) in [6.07, 6.45) is -59.1. The fourth-order valence-corrected chi connectivity index (χ4v) is 11.4. The zero-order chi connectivity index (χ0) is 64.0. The summed E-state index contributed by atoms with van der Waals surface area (Å²) in [7, 11) is 0. The van der Waals surface area contributed by atoms with Crippen molar-refractivity contribution in [3.8, 4) is 0 Å². The molecule has 0 aromatic heterocycles. The van der Waals surface area contributed by atoms with Gasteiger partial charge in [0.25, 0.3) is 0 Å². The molecule has 36 heteroatoms. The highest BCUT2D eigenvalue weighted by Gasteiger charge is 2.60. The van der Waals surface area contributed by atoms with Gasteiger partial charge in [-0.1, -0.05) is 0 Å². The third-order valence-electron chi connectivity index (χ3n) is 16.3. The molecular weight excluding hydrogens is 1180 g/mol. The molecule has 35 atom stereocenters. The number of aliphatic hydroxyl groups is 17. The van der Waals surface area contributed by atoms with Gasteiger partial charge in [-0.2, -0.15) is 0 Å². The van der Waals surface area contributed by atoms with E-state index < -0.39 is 253 Å². The Morgan fingerprint density at radius 2 is 0.713 bits per heavy atom. The van der Waals surface area contributed by atoms with Crippen molar-refractivity contribution in [2.24, 2.45) is 5.73 Å². The highest BCUT2D eigenvalue weighted by atomic mass is 16.8. The molecule has 7 aliphatic rings. The number of aliphatic hydroxyl groups excluding tert-OH is 17. The molecule has 7 rings (SSSR count). The molecule has 0 radical (unpaired) electrons. The van der Waals surface area contributed by atoms with Crippen LogP contribution in [-0.4, -0.2) is 353 Å². The van der Waals surface area contributed by atoms with E-state index in [0.29, 0.717) is 25.8 Å². The van der Waals surface area contributed by atoms with E-state index in [2.05, 4.69) is 10.6 Å². The van der Waals surface area contributed by atoms with Gasteiger partial charge in [-0.15, -0.1) is 0 Å². The van der Waals surface area contributed by atoms with E-state index in [-0.39, 0.29) is 6.61 Å².